The minimum atomic E-state index is 0.779. The summed E-state index contributed by atoms with van der Waals surface area (Å²) in [6.45, 7) is 6.04. The van der Waals surface area contributed by atoms with Gasteiger partial charge in [0, 0.05) is 11.1 Å². The summed E-state index contributed by atoms with van der Waals surface area (Å²) in [6, 6.07) is 21.0. The van der Waals surface area contributed by atoms with Crippen LogP contribution in [-0.4, -0.2) is 22.0 Å². The minimum absolute atomic E-state index is 0.779. The van der Waals surface area contributed by atoms with Crippen LogP contribution in [0.1, 0.15) is 78.1 Å². The molecular weight excluding hydrogens is 476 g/mol. The molecule has 0 radical (unpaired) electrons. The number of nitrogens with zero attached hydrogens (tertiary/aromatic N) is 2. The molecular formula is C32H40N2O2S. The number of hydrogen-bond donors (Lipinski definition) is 0. The van der Waals surface area contributed by atoms with Crippen molar-refractivity contribution in [2.45, 2.75) is 78.1 Å². The molecule has 1 heterocycles. The van der Waals surface area contributed by atoms with Gasteiger partial charge in [0.05, 0.1) is 24.9 Å². The maximum atomic E-state index is 5.95. The van der Waals surface area contributed by atoms with Crippen molar-refractivity contribution in [3.8, 4) is 33.8 Å². The second-order valence-corrected chi connectivity index (χ2v) is 10.2. The Balaban J connectivity index is 1.38. The fourth-order valence-electron chi connectivity index (χ4n) is 4.59. The summed E-state index contributed by atoms with van der Waals surface area (Å²) in [7, 11) is 0. The Kier molecular flexibility index (Phi) is 10.8. The van der Waals surface area contributed by atoms with Crippen LogP contribution in [0.4, 0.5) is 0 Å². The Morgan fingerprint density at radius 3 is 1.32 bits per heavy atom. The zero-order chi connectivity index (χ0) is 25.7. The highest BCUT2D eigenvalue weighted by atomic mass is 32.1. The third kappa shape index (κ3) is 7.78. The van der Waals surface area contributed by atoms with Crippen LogP contribution < -0.4 is 9.47 Å². The molecule has 4 aromatic rings. The summed E-state index contributed by atoms with van der Waals surface area (Å²) in [5.74, 6) is 1.85. The Morgan fingerprint density at radius 2 is 0.919 bits per heavy atom. The molecule has 0 bridgehead atoms. The Labute approximate surface area is 226 Å². The van der Waals surface area contributed by atoms with Gasteiger partial charge in [-0.1, -0.05) is 102 Å². The Bertz CT molecular complexity index is 1110. The summed E-state index contributed by atoms with van der Waals surface area (Å²) in [5, 5.41) is 0. The first kappa shape index (κ1) is 27.1. The van der Waals surface area contributed by atoms with E-state index < -0.39 is 0 Å². The number of hydrogen-bond acceptors (Lipinski definition) is 5. The van der Waals surface area contributed by atoms with E-state index in [0.29, 0.717) is 0 Å². The molecule has 0 amide bonds. The van der Waals surface area contributed by atoms with Crippen molar-refractivity contribution in [1.82, 2.24) is 8.75 Å². The number of benzene rings is 3. The maximum absolute atomic E-state index is 5.95. The van der Waals surface area contributed by atoms with Gasteiger partial charge < -0.3 is 9.47 Å². The molecule has 1 aromatic heterocycles. The van der Waals surface area contributed by atoms with Gasteiger partial charge in [-0.25, -0.2) is 0 Å². The average Bonchev–Trinajstić information content (AvgIpc) is 3.43. The average molecular weight is 517 g/mol. The zero-order valence-corrected chi connectivity index (χ0v) is 23.2. The summed E-state index contributed by atoms with van der Waals surface area (Å²) in [4.78, 5) is 0. The van der Waals surface area contributed by atoms with E-state index in [1.165, 1.54) is 63.1 Å². The van der Waals surface area contributed by atoms with Gasteiger partial charge in [0.2, 0.25) is 0 Å². The molecule has 0 spiro atoms. The molecule has 0 saturated heterocycles. The highest BCUT2D eigenvalue weighted by Crippen LogP contribution is 2.35. The van der Waals surface area contributed by atoms with Crippen LogP contribution in [0.15, 0.2) is 60.7 Å². The lowest BCUT2D eigenvalue weighted by Crippen LogP contribution is -1.97. The van der Waals surface area contributed by atoms with Gasteiger partial charge >= 0.3 is 0 Å². The zero-order valence-electron chi connectivity index (χ0n) is 22.4. The molecule has 0 atom stereocenters. The van der Waals surface area contributed by atoms with Crippen molar-refractivity contribution >= 4 is 22.8 Å². The van der Waals surface area contributed by atoms with Gasteiger partial charge in [0.1, 0.15) is 22.5 Å². The quantitative estimate of drug-likeness (QED) is 0.139. The van der Waals surface area contributed by atoms with E-state index in [1.54, 1.807) is 0 Å². The summed E-state index contributed by atoms with van der Waals surface area (Å²) >= 11 is 1.27. The molecule has 0 fully saturated rings. The molecule has 196 valence electrons. The van der Waals surface area contributed by atoms with E-state index in [1.807, 2.05) is 0 Å². The van der Waals surface area contributed by atoms with Gasteiger partial charge in [-0.05, 0) is 48.2 Å². The van der Waals surface area contributed by atoms with Crippen molar-refractivity contribution in [3.63, 3.8) is 0 Å². The fourth-order valence-corrected chi connectivity index (χ4v) is 5.16. The molecule has 0 aliphatic rings. The highest BCUT2D eigenvalue weighted by Gasteiger charge is 2.13. The van der Waals surface area contributed by atoms with E-state index in [2.05, 4.69) is 83.3 Å². The van der Waals surface area contributed by atoms with Crippen LogP contribution in [0, 0.1) is 0 Å². The van der Waals surface area contributed by atoms with Gasteiger partial charge in [-0.3, -0.25) is 0 Å². The van der Waals surface area contributed by atoms with Crippen LogP contribution in [0.5, 0.6) is 11.5 Å². The maximum Gasteiger partial charge on any atom is 0.119 e. The molecule has 5 heteroatoms. The van der Waals surface area contributed by atoms with E-state index in [4.69, 9.17) is 9.47 Å². The fraction of sp³-hybridized carbons (Fsp3) is 0.438. The van der Waals surface area contributed by atoms with Gasteiger partial charge in [-0.15, -0.1) is 0 Å². The molecule has 0 N–H and O–H groups in total. The molecule has 4 rings (SSSR count). The second-order valence-electron chi connectivity index (χ2n) is 9.70. The normalized spacial score (nSPS) is 11.2. The molecule has 0 aliphatic heterocycles. The molecule has 0 aliphatic carbocycles. The van der Waals surface area contributed by atoms with Crippen molar-refractivity contribution in [2.75, 3.05) is 13.2 Å². The van der Waals surface area contributed by atoms with Crippen molar-refractivity contribution in [1.29, 1.82) is 0 Å². The van der Waals surface area contributed by atoms with E-state index in [9.17, 15) is 0 Å². The Hall–Kier alpha value is -2.92. The monoisotopic (exact) mass is 516 g/mol. The van der Waals surface area contributed by atoms with E-state index >= 15 is 0 Å². The van der Waals surface area contributed by atoms with Crippen LogP contribution in [0.2, 0.25) is 0 Å². The van der Waals surface area contributed by atoms with Crippen molar-refractivity contribution in [2.24, 2.45) is 0 Å². The minimum Gasteiger partial charge on any atom is -0.494 e. The molecule has 3 aromatic carbocycles. The van der Waals surface area contributed by atoms with E-state index in [-0.39, 0.29) is 0 Å². The molecule has 4 nitrogen and oxygen atoms in total. The Morgan fingerprint density at radius 1 is 0.514 bits per heavy atom. The highest BCUT2D eigenvalue weighted by molar-refractivity contribution is 7.00. The third-order valence-electron chi connectivity index (χ3n) is 6.78. The predicted molar refractivity (Wildman–Crippen MR) is 157 cm³/mol. The molecule has 37 heavy (non-hydrogen) atoms. The largest absolute Gasteiger partial charge is 0.494 e. The number of unbranched alkanes of at least 4 members (excludes halogenated alkanes) is 8. The van der Waals surface area contributed by atoms with Gasteiger partial charge in [0.15, 0.2) is 0 Å². The first-order valence-corrected chi connectivity index (χ1v) is 14.7. The van der Waals surface area contributed by atoms with Crippen molar-refractivity contribution in [3.05, 3.63) is 60.7 Å². The lowest BCUT2D eigenvalue weighted by molar-refractivity contribution is 0.304. The van der Waals surface area contributed by atoms with Gasteiger partial charge in [0.25, 0.3) is 0 Å². The smallest absolute Gasteiger partial charge is 0.119 e. The summed E-state index contributed by atoms with van der Waals surface area (Å²) in [6.07, 6.45) is 12.5. The number of aromatic nitrogens is 2. The first-order chi connectivity index (χ1) is 18.3. The molecule has 0 saturated carbocycles. The lowest BCUT2D eigenvalue weighted by Gasteiger charge is -2.10. The van der Waals surface area contributed by atoms with Crippen LogP contribution in [-0.2, 0) is 0 Å². The second kappa shape index (κ2) is 14.7. The first-order valence-electron chi connectivity index (χ1n) is 14.0. The van der Waals surface area contributed by atoms with Crippen LogP contribution in [0.3, 0.4) is 0 Å². The summed E-state index contributed by atoms with van der Waals surface area (Å²) in [5.41, 5.74) is 6.34. The summed E-state index contributed by atoms with van der Waals surface area (Å²) < 4.78 is 21.2. The van der Waals surface area contributed by atoms with Gasteiger partial charge in [-0.2, -0.15) is 8.75 Å². The van der Waals surface area contributed by atoms with Crippen LogP contribution >= 0.6 is 11.7 Å². The lowest BCUT2D eigenvalue weighted by atomic mass is 9.98. The third-order valence-corrected chi connectivity index (χ3v) is 7.31. The van der Waals surface area contributed by atoms with Crippen molar-refractivity contribution < 1.29 is 9.47 Å². The standard InChI is InChI=1S/C32H40N2O2S/c1-3-5-7-9-11-23-35-27-17-13-25(14-18-27)29-21-22-30(32-31(29)33-37-34-32)26-15-19-28(20-16-26)36-24-12-10-8-6-4-2/h13-22H,3-12,23-24H2,1-2H3. The predicted octanol–water partition coefficient (Wildman–Crippen LogP) is 9.72. The number of fused-ring (bicyclic) bond motifs is 1. The number of rotatable bonds is 16. The SMILES string of the molecule is CCCCCCCOc1ccc(-c2ccc(-c3ccc(OCCCCCCC)cc3)c3nsnc23)cc1. The topological polar surface area (TPSA) is 44.2 Å². The molecule has 0 unspecified atom stereocenters. The number of ether oxygens (including phenoxy) is 2. The van der Waals surface area contributed by atoms with E-state index in [0.717, 1.165) is 70.8 Å². The van der Waals surface area contributed by atoms with Crippen LogP contribution in [0.25, 0.3) is 33.3 Å².